The highest BCUT2D eigenvalue weighted by atomic mass is 19.4. The molecule has 0 radical (unpaired) electrons. The van der Waals surface area contributed by atoms with Crippen LogP contribution in [0.1, 0.15) is 32.0 Å². The van der Waals surface area contributed by atoms with Crippen molar-refractivity contribution in [3.63, 3.8) is 0 Å². The summed E-state index contributed by atoms with van der Waals surface area (Å²) in [7, 11) is 0. The molecule has 1 N–H and O–H groups in total. The minimum atomic E-state index is -4.41. The third-order valence-electron chi connectivity index (χ3n) is 2.90. The van der Waals surface area contributed by atoms with Crippen LogP contribution in [0.2, 0.25) is 0 Å². The summed E-state index contributed by atoms with van der Waals surface area (Å²) >= 11 is 0. The van der Waals surface area contributed by atoms with Gasteiger partial charge in [0.05, 0.1) is 5.69 Å². The summed E-state index contributed by atoms with van der Waals surface area (Å²) in [5, 5.41) is 6.89. The maximum atomic E-state index is 12.5. The smallest absolute Gasteiger partial charge is 0.308 e. The lowest BCUT2D eigenvalue weighted by molar-refractivity contribution is -0.141. The maximum Gasteiger partial charge on any atom is 0.435 e. The Morgan fingerprint density at radius 3 is 2.14 bits per heavy atom. The molecular formula is C15H18F3N3. The van der Waals surface area contributed by atoms with Crippen LogP contribution in [-0.2, 0) is 12.7 Å². The predicted molar refractivity (Wildman–Crippen MR) is 75.2 cm³/mol. The van der Waals surface area contributed by atoms with Gasteiger partial charge < -0.3 is 5.32 Å². The van der Waals surface area contributed by atoms with Crippen LogP contribution in [0, 0.1) is 0 Å². The van der Waals surface area contributed by atoms with Gasteiger partial charge in [0.25, 0.3) is 0 Å². The number of rotatable bonds is 3. The van der Waals surface area contributed by atoms with Crippen molar-refractivity contribution in [3.05, 3.63) is 47.8 Å². The fourth-order valence-electron chi connectivity index (χ4n) is 1.75. The Hall–Kier alpha value is -1.82. The lowest BCUT2D eigenvalue weighted by Crippen LogP contribution is -2.35. The third-order valence-corrected chi connectivity index (χ3v) is 2.90. The van der Waals surface area contributed by atoms with E-state index in [2.05, 4.69) is 31.2 Å². The summed E-state index contributed by atoms with van der Waals surface area (Å²) in [5.74, 6) is 0. The quantitative estimate of drug-likeness (QED) is 0.934. The van der Waals surface area contributed by atoms with Gasteiger partial charge in [-0.05, 0) is 44.5 Å². The fraction of sp³-hybridized carbons (Fsp3) is 0.400. The van der Waals surface area contributed by atoms with Gasteiger partial charge in [-0.25, -0.2) is 4.68 Å². The van der Waals surface area contributed by atoms with E-state index in [1.54, 1.807) is 12.1 Å². The zero-order valence-electron chi connectivity index (χ0n) is 12.2. The van der Waals surface area contributed by atoms with E-state index in [1.807, 2.05) is 12.1 Å². The van der Waals surface area contributed by atoms with Crippen molar-refractivity contribution in [2.24, 2.45) is 0 Å². The summed E-state index contributed by atoms with van der Waals surface area (Å²) < 4.78 is 38.8. The van der Waals surface area contributed by atoms with E-state index in [0.717, 1.165) is 11.6 Å². The second-order valence-electron chi connectivity index (χ2n) is 5.91. The van der Waals surface area contributed by atoms with E-state index in [-0.39, 0.29) is 5.54 Å². The Morgan fingerprint density at radius 2 is 1.67 bits per heavy atom. The van der Waals surface area contributed by atoms with Crippen LogP contribution in [0.4, 0.5) is 13.2 Å². The molecule has 114 valence electrons. The van der Waals surface area contributed by atoms with Gasteiger partial charge in [0.15, 0.2) is 5.69 Å². The summed E-state index contributed by atoms with van der Waals surface area (Å²) in [5.41, 5.74) is 0.797. The Balaban J connectivity index is 2.10. The van der Waals surface area contributed by atoms with Crippen molar-refractivity contribution in [2.45, 2.75) is 39.0 Å². The summed E-state index contributed by atoms with van der Waals surface area (Å²) in [6, 6.07) is 8.24. The van der Waals surface area contributed by atoms with Crippen molar-refractivity contribution in [3.8, 4) is 5.69 Å². The van der Waals surface area contributed by atoms with Crippen LogP contribution in [0.5, 0.6) is 0 Å². The lowest BCUT2D eigenvalue weighted by atomic mass is 10.1. The molecule has 0 atom stereocenters. The van der Waals surface area contributed by atoms with Gasteiger partial charge in [0.2, 0.25) is 0 Å². The zero-order valence-corrected chi connectivity index (χ0v) is 12.2. The number of nitrogens with zero attached hydrogens (tertiary/aromatic N) is 2. The number of hydrogen-bond acceptors (Lipinski definition) is 2. The highest BCUT2D eigenvalue weighted by Crippen LogP contribution is 2.27. The molecule has 2 aromatic rings. The summed E-state index contributed by atoms with van der Waals surface area (Å²) in [4.78, 5) is 0. The standard InChI is InChI=1S/C15H18F3N3/c1-14(2,3)19-10-11-4-6-12(7-5-11)21-9-8-13(20-21)15(16,17)18/h4-9,19H,10H2,1-3H3. The molecule has 3 nitrogen and oxygen atoms in total. The molecule has 0 bridgehead atoms. The number of halogens is 3. The molecule has 0 aliphatic rings. The number of nitrogens with one attached hydrogen (secondary N) is 1. The molecule has 0 spiro atoms. The van der Waals surface area contributed by atoms with E-state index in [4.69, 9.17) is 0 Å². The summed E-state index contributed by atoms with van der Waals surface area (Å²) in [6.45, 7) is 6.92. The first-order chi connectivity index (χ1) is 9.65. The average molecular weight is 297 g/mol. The zero-order chi connectivity index (χ0) is 15.7. The van der Waals surface area contributed by atoms with E-state index in [9.17, 15) is 13.2 Å². The third kappa shape index (κ3) is 4.32. The average Bonchev–Trinajstić information content (AvgIpc) is 2.85. The Morgan fingerprint density at radius 1 is 1.05 bits per heavy atom. The second kappa shape index (κ2) is 5.52. The molecule has 1 aromatic heterocycles. The largest absolute Gasteiger partial charge is 0.435 e. The van der Waals surface area contributed by atoms with Gasteiger partial charge in [-0.15, -0.1) is 0 Å². The van der Waals surface area contributed by atoms with Gasteiger partial charge >= 0.3 is 6.18 Å². The molecule has 1 heterocycles. The summed E-state index contributed by atoms with van der Waals surface area (Å²) in [6.07, 6.45) is -3.10. The van der Waals surface area contributed by atoms with Crippen molar-refractivity contribution in [1.82, 2.24) is 15.1 Å². The van der Waals surface area contributed by atoms with E-state index in [1.165, 1.54) is 10.9 Å². The highest BCUT2D eigenvalue weighted by Gasteiger charge is 2.33. The molecular weight excluding hydrogens is 279 g/mol. The second-order valence-corrected chi connectivity index (χ2v) is 5.91. The maximum absolute atomic E-state index is 12.5. The van der Waals surface area contributed by atoms with Crippen LogP contribution < -0.4 is 5.32 Å². The normalized spacial score (nSPS) is 12.7. The van der Waals surface area contributed by atoms with Crippen molar-refractivity contribution in [2.75, 3.05) is 0 Å². The Labute approximate surface area is 121 Å². The molecule has 1 aromatic carbocycles. The molecule has 0 saturated carbocycles. The SMILES string of the molecule is CC(C)(C)NCc1ccc(-n2ccc(C(F)(F)F)n2)cc1. The molecule has 0 aliphatic carbocycles. The number of alkyl halides is 3. The minimum Gasteiger partial charge on any atom is -0.308 e. The lowest BCUT2D eigenvalue weighted by Gasteiger charge is -2.20. The van der Waals surface area contributed by atoms with Gasteiger partial charge in [0.1, 0.15) is 0 Å². The van der Waals surface area contributed by atoms with Crippen LogP contribution in [-0.4, -0.2) is 15.3 Å². The molecule has 6 heteroatoms. The monoisotopic (exact) mass is 297 g/mol. The topological polar surface area (TPSA) is 29.9 Å². The Kier molecular flexibility index (Phi) is 4.09. The molecule has 0 amide bonds. The predicted octanol–water partition coefficient (Wildman–Crippen LogP) is 3.78. The van der Waals surface area contributed by atoms with Gasteiger partial charge in [0, 0.05) is 18.3 Å². The molecule has 0 fully saturated rings. The van der Waals surface area contributed by atoms with Crippen LogP contribution in [0.25, 0.3) is 5.69 Å². The molecule has 0 saturated heterocycles. The van der Waals surface area contributed by atoms with Crippen LogP contribution in [0.15, 0.2) is 36.5 Å². The first-order valence-corrected chi connectivity index (χ1v) is 6.62. The number of hydrogen-bond donors (Lipinski definition) is 1. The van der Waals surface area contributed by atoms with Crippen molar-refractivity contribution in [1.29, 1.82) is 0 Å². The highest BCUT2D eigenvalue weighted by molar-refractivity contribution is 5.34. The number of benzene rings is 1. The Bertz CT molecular complexity index is 592. The van der Waals surface area contributed by atoms with Crippen LogP contribution in [0.3, 0.4) is 0 Å². The first-order valence-electron chi connectivity index (χ1n) is 6.62. The van der Waals surface area contributed by atoms with E-state index < -0.39 is 11.9 Å². The molecule has 0 unspecified atom stereocenters. The molecule has 2 rings (SSSR count). The fourth-order valence-corrected chi connectivity index (χ4v) is 1.75. The van der Waals surface area contributed by atoms with Crippen molar-refractivity contribution < 1.29 is 13.2 Å². The van der Waals surface area contributed by atoms with E-state index in [0.29, 0.717) is 12.2 Å². The molecule has 0 aliphatic heterocycles. The van der Waals surface area contributed by atoms with Gasteiger partial charge in [-0.2, -0.15) is 18.3 Å². The first kappa shape index (κ1) is 15.6. The minimum absolute atomic E-state index is 0.0161. The van der Waals surface area contributed by atoms with Gasteiger partial charge in [-0.1, -0.05) is 12.1 Å². The van der Waals surface area contributed by atoms with Crippen LogP contribution >= 0.6 is 0 Å². The van der Waals surface area contributed by atoms with Crippen molar-refractivity contribution >= 4 is 0 Å². The van der Waals surface area contributed by atoms with E-state index >= 15 is 0 Å². The molecule has 21 heavy (non-hydrogen) atoms. The number of aromatic nitrogens is 2. The van der Waals surface area contributed by atoms with Gasteiger partial charge in [-0.3, -0.25) is 0 Å².